The molecule has 10 nitrogen and oxygen atoms in total. The number of benzene rings is 1. The Bertz CT molecular complexity index is 1310. The van der Waals surface area contributed by atoms with Gasteiger partial charge in [0.25, 0.3) is 0 Å². The standard InChI is InChI=1S/C21H21ClN8O2/c1-11(28-20-17-19(25-9-24-17)26-10-27-20)14-7-15(22)13-3-2-5-23-16(13)18(14)30-6-4-12(8-30)29-21(31)32/h2-3,5,7,9-12,29H,4,6,8H2,1H3,(H,31,32)(H2,24,25,26,27,28)/t11?,12-/m0/s1. The molecule has 1 aromatic carbocycles. The third-order valence-electron chi connectivity index (χ3n) is 5.71. The molecule has 0 radical (unpaired) electrons. The minimum absolute atomic E-state index is 0.149. The first-order valence-corrected chi connectivity index (χ1v) is 10.6. The van der Waals surface area contributed by atoms with Crippen molar-refractivity contribution >= 4 is 51.3 Å². The summed E-state index contributed by atoms with van der Waals surface area (Å²) < 4.78 is 0. The maximum Gasteiger partial charge on any atom is 0.404 e. The summed E-state index contributed by atoms with van der Waals surface area (Å²) in [6.45, 7) is 3.28. The molecular weight excluding hydrogens is 432 g/mol. The van der Waals surface area contributed by atoms with Gasteiger partial charge >= 0.3 is 6.09 Å². The monoisotopic (exact) mass is 452 g/mol. The van der Waals surface area contributed by atoms with Gasteiger partial charge in [0.05, 0.1) is 34.6 Å². The third-order valence-corrected chi connectivity index (χ3v) is 6.03. The van der Waals surface area contributed by atoms with E-state index in [9.17, 15) is 4.79 Å². The predicted molar refractivity (Wildman–Crippen MR) is 122 cm³/mol. The zero-order chi connectivity index (χ0) is 22.2. The first-order valence-electron chi connectivity index (χ1n) is 10.2. The highest BCUT2D eigenvalue weighted by Gasteiger charge is 2.29. The fourth-order valence-corrected chi connectivity index (χ4v) is 4.55. The molecule has 32 heavy (non-hydrogen) atoms. The Labute approximate surface area is 188 Å². The van der Waals surface area contributed by atoms with E-state index >= 15 is 0 Å². The number of imidazole rings is 1. The van der Waals surface area contributed by atoms with Gasteiger partial charge in [-0.25, -0.2) is 19.7 Å². The van der Waals surface area contributed by atoms with E-state index in [1.54, 1.807) is 12.5 Å². The van der Waals surface area contributed by atoms with Crippen LogP contribution in [0.5, 0.6) is 0 Å². The number of amides is 1. The second-order valence-corrected chi connectivity index (χ2v) is 8.17. The van der Waals surface area contributed by atoms with Gasteiger partial charge in [0, 0.05) is 30.2 Å². The van der Waals surface area contributed by atoms with Crippen LogP contribution in [0, 0.1) is 0 Å². The van der Waals surface area contributed by atoms with Crippen molar-refractivity contribution in [1.29, 1.82) is 0 Å². The molecule has 0 bridgehead atoms. The van der Waals surface area contributed by atoms with E-state index in [0.717, 1.165) is 22.2 Å². The Kier molecular flexibility index (Phi) is 5.14. The van der Waals surface area contributed by atoms with Crippen molar-refractivity contribution in [2.45, 2.75) is 25.4 Å². The number of rotatable bonds is 5. The number of aromatic nitrogens is 5. The fraction of sp³-hybridized carbons (Fsp3) is 0.286. The molecule has 164 valence electrons. The number of carboxylic acid groups (broad SMARTS) is 1. The van der Waals surface area contributed by atoms with Crippen molar-refractivity contribution in [3.63, 3.8) is 0 Å². The summed E-state index contributed by atoms with van der Waals surface area (Å²) in [5.74, 6) is 0.610. The lowest BCUT2D eigenvalue weighted by atomic mass is 10.0. The molecule has 2 atom stereocenters. The van der Waals surface area contributed by atoms with Crippen molar-refractivity contribution in [2.24, 2.45) is 0 Å². The number of hydrogen-bond acceptors (Lipinski definition) is 7. The summed E-state index contributed by atoms with van der Waals surface area (Å²) >= 11 is 6.64. The number of fused-ring (bicyclic) bond motifs is 2. The smallest absolute Gasteiger partial charge is 0.404 e. The predicted octanol–water partition coefficient (Wildman–Crippen LogP) is 3.57. The average molecular weight is 453 g/mol. The molecule has 0 aliphatic carbocycles. The maximum atomic E-state index is 11.1. The number of aromatic amines is 1. The van der Waals surface area contributed by atoms with E-state index < -0.39 is 6.09 Å². The fourth-order valence-electron chi connectivity index (χ4n) is 4.28. The van der Waals surface area contributed by atoms with Crippen molar-refractivity contribution < 1.29 is 9.90 Å². The van der Waals surface area contributed by atoms with Crippen LogP contribution in [0.3, 0.4) is 0 Å². The van der Waals surface area contributed by atoms with Crippen LogP contribution in [-0.4, -0.2) is 55.3 Å². The van der Waals surface area contributed by atoms with E-state index in [-0.39, 0.29) is 12.1 Å². The highest BCUT2D eigenvalue weighted by Crippen LogP contribution is 2.40. The van der Waals surface area contributed by atoms with Crippen LogP contribution < -0.4 is 15.5 Å². The van der Waals surface area contributed by atoms with Gasteiger partial charge in [-0.05, 0) is 31.5 Å². The van der Waals surface area contributed by atoms with E-state index in [1.807, 2.05) is 25.1 Å². The molecule has 1 aliphatic rings. The average Bonchev–Trinajstić information content (AvgIpc) is 3.43. The molecule has 1 fully saturated rings. The number of hydrogen-bond donors (Lipinski definition) is 4. The zero-order valence-electron chi connectivity index (χ0n) is 17.2. The van der Waals surface area contributed by atoms with Gasteiger partial charge in [-0.15, -0.1) is 0 Å². The van der Waals surface area contributed by atoms with Gasteiger partial charge in [-0.2, -0.15) is 0 Å². The molecule has 5 rings (SSSR count). The molecule has 4 heterocycles. The van der Waals surface area contributed by atoms with Crippen molar-refractivity contribution in [3.05, 3.63) is 47.6 Å². The molecule has 1 saturated heterocycles. The topological polar surface area (TPSA) is 132 Å². The Hall–Kier alpha value is -3.66. The number of nitrogens with zero attached hydrogens (tertiary/aromatic N) is 5. The lowest BCUT2D eigenvalue weighted by Crippen LogP contribution is -2.36. The molecule has 4 aromatic rings. The number of pyridine rings is 1. The summed E-state index contributed by atoms with van der Waals surface area (Å²) in [7, 11) is 0. The van der Waals surface area contributed by atoms with Gasteiger partial charge < -0.3 is 25.6 Å². The molecule has 11 heteroatoms. The minimum Gasteiger partial charge on any atom is -0.465 e. The summed E-state index contributed by atoms with van der Waals surface area (Å²) in [5.41, 5.74) is 3.96. The van der Waals surface area contributed by atoms with Gasteiger partial charge in [-0.1, -0.05) is 11.6 Å². The Morgan fingerprint density at radius 2 is 2.19 bits per heavy atom. The van der Waals surface area contributed by atoms with E-state index in [1.165, 1.54) is 6.33 Å². The van der Waals surface area contributed by atoms with Crippen LogP contribution in [0.25, 0.3) is 22.1 Å². The summed E-state index contributed by atoms with van der Waals surface area (Å²) in [5, 5.41) is 16.6. The normalized spacial score (nSPS) is 17.1. The lowest BCUT2D eigenvalue weighted by molar-refractivity contribution is 0.191. The molecule has 1 aliphatic heterocycles. The molecule has 1 amide bonds. The number of H-pyrrole nitrogens is 1. The highest BCUT2D eigenvalue weighted by molar-refractivity contribution is 6.36. The number of carbonyl (C=O) groups is 1. The summed E-state index contributed by atoms with van der Waals surface area (Å²) in [4.78, 5) is 33.8. The van der Waals surface area contributed by atoms with Crippen LogP contribution in [0.1, 0.15) is 24.9 Å². The van der Waals surface area contributed by atoms with Crippen LogP contribution in [-0.2, 0) is 0 Å². The van der Waals surface area contributed by atoms with Crippen LogP contribution in [0.4, 0.5) is 16.3 Å². The molecule has 3 aromatic heterocycles. The first-order chi connectivity index (χ1) is 15.5. The molecule has 0 spiro atoms. The Balaban J connectivity index is 1.57. The maximum absolute atomic E-state index is 11.1. The van der Waals surface area contributed by atoms with Gasteiger partial charge in [-0.3, -0.25) is 4.98 Å². The number of halogens is 1. The largest absolute Gasteiger partial charge is 0.465 e. The van der Waals surface area contributed by atoms with Crippen molar-refractivity contribution in [1.82, 2.24) is 30.2 Å². The number of anilines is 2. The highest BCUT2D eigenvalue weighted by atomic mass is 35.5. The van der Waals surface area contributed by atoms with Gasteiger partial charge in [0.1, 0.15) is 11.8 Å². The Morgan fingerprint density at radius 1 is 1.31 bits per heavy atom. The number of nitrogens with one attached hydrogen (secondary N) is 3. The van der Waals surface area contributed by atoms with E-state index in [0.29, 0.717) is 41.5 Å². The van der Waals surface area contributed by atoms with Crippen LogP contribution in [0.2, 0.25) is 5.02 Å². The summed E-state index contributed by atoms with van der Waals surface area (Å²) in [6, 6.07) is 5.41. The van der Waals surface area contributed by atoms with Crippen LogP contribution >= 0.6 is 11.6 Å². The molecule has 4 N–H and O–H groups in total. The molecule has 0 saturated carbocycles. The summed E-state index contributed by atoms with van der Waals surface area (Å²) in [6.07, 6.45) is 4.50. The van der Waals surface area contributed by atoms with Gasteiger partial charge in [0.2, 0.25) is 0 Å². The van der Waals surface area contributed by atoms with Gasteiger partial charge in [0.15, 0.2) is 11.5 Å². The second kappa shape index (κ2) is 8.12. The quantitative estimate of drug-likeness (QED) is 0.361. The first kappa shape index (κ1) is 20.3. The van der Waals surface area contributed by atoms with Crippen LogP contribution in [0.15, 0.2) is 37.1 Å². The zero-order valence-corrected chi connectivity index (χ0v) is 18.0. The van der Waals surface area contributed by atoms with E-state index in [4.69, 9.17) is 16.7 Å². The van der Waals surface area contributed by atoms with Crippen molar-refractivity contribution in [2.75, 3.05) is 23.3 Å². The second-order valence-electron chi connectivity index (χ2n) is 7.76. The lowest BCUT2D eigenvalue weighted by Gasteiger charge is -2.27. The third kappa shape index (κ3) is 3.62. The molecular formula is C21H21ClN8O2. The SMILES string of the molecule is CC(Nc1ncnc2[nH]cnc12)c1cc(Cl)c2cccnc2c1N1CC[C@H](NC(=O)O)C1. The van der Waals surface area contributed by atoms with Crippen molar-refractivity contribution in [3.8, 4) is 0 Å². The van der Waals surface area contributed by atoms with E-state index in [2.05, 4.69) is 40.5 Å². The Morgan fingerprint density at radius 3 is 3.03 bits per heavy atom. The minimum atomic E-state index is -1.02. The molecule has 1 unspecified atom stereocenters.